The van der Waals surface area contributed by atoms with Crippen LogP contribution in [-0.2, 0) is 10.0 Å². The number of hydrogen-bond donors (Lipinski definition) is 3. The minimum Gasteiger partial charge on any atom is -0.339 e. The van der Waals surface area contributed by atoms with E-state index in [0.29, 0.717) is 22.2 Å². The zero-order valence-electron chi connectivity index (χ0n) is 13.4. The lowest BCUT2D eigenvalue weighted by molar-refractivity contribution is 0.600. The van der Waals surface area contributed by atoms with Gasteiger partial charge in [0.05, 0.1) is 11.4 Å². The van der Waals surface area contributed by atoms with E-state index in [1.807, 2.05) is 0 Å². The van der Waals surface area contributed by atoms with Crippen molar-refractivity contribution in [2.45, 2.75) is 18.7 Å². The van der Waals surface area contributed by atoms with Crippen molar-refractivity contribution in [1.29, 1.82) is 0 Å². The molecule has 8 nitrogen and oxygen atoms in total. The molecule has 1 aromatic carbocycles. The quantitative estimate of drug-likeness (QED) is 0.629. The van der Waals surface area contributed by atoms with Gasteiger partial charge in [-0.1, -0.05) is 11.6 Å². The second kappa shape index (κ2) is 6.69. The Morgan fingerprint density at radius 2 is 1.64 bits per heavy atom. The normalized spacial score (nSPS) is 11.3. The number of aromatic amines is 1. The number of benzene rings is 1. The summed E-state index contributed by atoms with van der Waals surface area (Å²) in [4.78, 5) is 0.109. The van der Waals surface area contributed by atoms with E-state index in [1.54, 1.807) is 44.2 Å². The van der Waals surface area contributed by atoms with Crippen LogP contribution in [0.4, 0.5) is 17.3 Å². The van der Waals surface area contributed by atoms with Crippen LogP contribution >= 0.6 is 11.6 Å². The van der Waals surface area contributed by atoms with Crippen molar-refractivity contribution in [3.63, 3.8) is 0 Å². The summed E-state index contributed by atoms with van der Waals surface area (Å²) in [5.74, 6) is 0.586. The Morgan fingerprint density at radius 3 is 2.20 bits per heavy atom. The zero-order valence-corrected chi connectivity index (χ0v) is 15.0. The summed E-state index contributed by atoms with van der Waals surface area (Å²) in [6.45, 7) is 3.25. The van der Waals surface area contributed by atoms with Gasteiger partial charge >= 0.3 is 0 Å². The van der Waals surface area contributed by atoms with Gasteiger partial charge in [-0.25, -0.2) is 8.42 Å². The van der Waals surface area contributed by atoms with Crippen LogP contribution in [0.3, 0.4) is 0 Å². The lowest BCUT2D eigenvalue weighted by Crippen LogP contribution is -2.16. The van der Waals surface area contributed by atoms with Gasteiger partial charge in [0.1, 0.15) is 4.90 Å². The molecule has 0 aliphatic heterocycles. The van der Waals surface area contributed by atoms with Crippen LogP contribution in [0.25, 0.3) is 0 Å². The zero-order chi connectivity index (χ0) is 18.0. The molecular weight excluding hydrogens is 364 g/mol. The first-order valence-corrected chi connectivity index (χ1v) is 9.12. The SMILES string of the molecule is Cc1n[nH]c(C)c1S(=O)(=O)Nc1ccc(Nc2ccc(Cl)cc2)nn1. The predicted molar refractivity (Wildman–Crippen MR) is 95.6 cm³/mol. The maximum absolute atomic E-state index is 12.4. The average molecular weight is 379 g/mol. The van der Waals surface area contributed by atoms with Gasteiger partial charge in [0, 0.05) is 10.7 Å². The van der Waals surface area contributed by atoms with Crippen molar-refractivity contribution >= 4 is 38.9 Å². The molecule has 0 aliphatic rings. The first-order valence-electron chi connectivity index (χ1n) is 7.26. The molecule has 0 amide bonds. The minimum atomic E-state index is -3.79. The fourth-order valence-corrected chi connectivity index (χ4v) is 3.76. The van der Waals surface area contributed by atoms with E-state index >= 15 is 0 Å². The minimum absolute atomic E-state index is 0.109. The highest BCUT2D eigenvalue weighted by atomic mass is 35.5. The molecular formula is C15H15ClN6O2S. The maximum Gasteiger partial charge on any atom is 0.266 e. The predicted octanol–water partition coefficient (Wildman–Crippen LogP) is 3.01. The third-order valence-corrected chi connectivity index (χ3v) is 5.22. The number of sulfonamides is 1. The molecule has 0 saturated carbocycles. The number of aromatic nitrogens is 4. The molecule has 0 bridgehead atoms. The Balaban J connectivity index is 1.75. The average Bonchev–Trinajstić information content (AvgIpc) is 2.91. The number of anilines is 3. The molecule has 2 heterocycles. The fourth-order valence-electron chi connectivity index (χ4n) is 2.26. The van der Waals surface area contributed by atoms with Gasteiger partial charge in [-0.15, -0.1) is 10.2 Å². The third-order valence-electron chi connectivity index (χ3n) is 3.35. The number of rotatable bonds is 5. The summed E-state index contributed by atoms with van der Waals surface area (Å²) in [6, 6.07) is 10.2. The highest BCUT2D eigenvalue weighted by molar-refractivity contribution is 7.92. The molecule has 2 aromatic heterocycles. The molecule has 0 unspecified atom stereocenters. The van der Waals surface area contributed by atoms with Crippen LogP contribution in [0.15, 0.2) is 41.3 Å². The second-order valence-corrected chi connectivity index (χ2v) is 7.36. The number of hydrogen-bond acceptors (Lipinski definition) is 6. The van der Waals surface area contributed by atoms with E-state index in [1.165, 1.54) is 6.07 Å². The monoisotopic (exact) mass is 378 g/mol. The topological polar surface area (TPSA) is 113 Å². The van der Waals surface area contributed by atoms with Gasteiger partial charge in [0.25, 0.3) is 10.0 Å². The van der Waals surface area contributed by atoms with Crippen LogP contribution in [0.5, 0.6) is 0 Å². The molecule has 3 N–H and O–H groups in total. The molecule has 0 spiro atoms. The Hall–Kier alpha value is -2.65. The molecule has 0 aliphatic carbocycles. The van der Waals surface area contributed by atoms with Crippen LogP contribution in [-0.4, -0.2) is 28.8 Å². The Kier molecular flexibility index (Phi) is 4.60. The molecule has 130 valence electrons. The highest BCUT2D eigenvalue weighted by Crippen LogP contribution is 2.21. The van der Waals surface area contributed by atoms with Crippen LogP contribution in [0.2, 0.25) is 5.02 Å². The van der Waals surface area contributed by atoms with E-state index in [-0.39, 0.29) is 10.7 Å². The van der Waals surface area contributed by atoms with Gasteiger partial charge in [-0.05, 0) is 50.2 Å². The molecule has 10 heteroatoms. The van der Waals surface area contributed by atoms with Crippen molar-refractivity contribution in [1.82, 2.24) is 20.4 Å². The summed E-state index contributed by atoms with van der Waals surface area (Å²) >= 11 is 5.83. The largest absolute Gasteiger partial charge is 0.339 e. The van der Waals surface area contributed by atoms with Crippen molar-refractivity contribution in [3.8, 4) is 0 Å². The van der Waals surface area contributed by atoms with Gasteiger partial charge in [0.2, 0.25) is 0 Å². The van der Waals surface area contributed by atoms with Gasteiger partial charge in [-0.3, -0.25) is 9.82 Å². The smallest absolute Gasteiger partial charge is 0.266 e. The van der Waals surface area contributed by atoms with Crippen molar-refractivity contribution < 1.29 is 8.42 Å². The molecule has 25 heavy (non-hydrogen) atoms. The molecule has 0 saturated heterocycles. The Morgan fingerprint density at radius 1 is 1.00 bits per heavy atom. The lowest BCUT2D eigenvalue weighted by atomic mass is 10.3. The molecule has 0 radical (unpaired) electrons. The number of halogens is 1. The van der Waals surface area contributed by atoms with Crippen molar-refractivity contribution in [2.75, 3.05) is 10.0 Å². The van der Waals surface area contributed by atoms with Crippen molar-refractivity contribution in [2.24, 2.45) is 0 Å². The first kappa shape index (κ1) is 17.2. The summed E-state index contributed by atoms with van der Waals surface area (Å²) in [7, 11) is -3.79. The van der Waals surface area contributed by atoms with E-state index in [9.17, 15) is 8.42 Å². The van der Waals surface area contributed by atoms with Gasteiger partial charge in [-0.2, -0.15) is 5.10 Å². The lowest BCUT2D eigenvalue weighted by Gasteiger charge is -2.08. The first-order chi connectivity index (χ1) is 11.8. The van der Waals surface area contributed by atoms with Crippen molar-refractivity contribution in [3.05, 3.63) is 52.8 Å². The Bertz CT molecular complexity index is 964. The number of aryl methyl sites for hydroxylation is 2. The van der Waals surface area contributed by atoms with Crippen LogP contribution in [0.1, 0.15) is 11.4 Å². The van der Waals surface area contributed by atoms with E-state index in [2.05, 4.69) is 30.4 Å². The van der Waals surface area contributed by atoms with Gasteiger partial charge in [0.15, 0.2) is 11.6 Å². The highest BCUT2D eigenvalue weighted by Gasteiger charge is 2.22. The maximum atomic E-state index is 12.4. The van der Waals surface area contributed by atoms with Gasteiger partial charge < -0.3 is 5.32 Å². The molecule has 3 rings (SSSR count). The number of nitrogens with zero attached hydrogens (tertiary/aromatic N) is 3. The summed E-state index contributed by atoms with van der Waals surface area (Å²) < 4.78 is 27.3. The molecule has 3 aromatic rings. The summed E-state index contributed by atoms with van der Waals surface area (Å²) in [5.41, 5.74) is 1.63. The van der Waals surface area contributed by atoms with E-state index < -0.39 is 10.0 Å². The fraction of sp³-hybridized carbons (Fsp3) is 0.133. The van der Waals surface area contributed by atoms with Crippen LogP contribution < -0.4 is 10.0 Å². The van der Waals surface area contributed by atoms with Crippen LogP contribution in [0, 0.1) is 13.8 Å². The molecule has 0 atom stereocenters. The van der Waals surface area contributed by atoms with E-state index in [0.717, 1.165) is 5.69 Å². The Labute approximate surface area is 149 Å². The second-order valence-electron chi connectivity index (χ2n) is 5.30. The number of H-pyrrole nitrogens is 1. The molecule has 0 fully saturated rings. The van der Waals surface area contributed by atoms with E-state index in [4.69, 9.17) is 11.6 Å². The standard InChI is InChI=1S/C15H15ClN6O2S/c1-9-15(10(2)19-18-9)25(23,24)22-14-8-7-13(20-21-14)17-12-5-3-11(16)4-6-12/h3-8H,1-2H3,(H,17,20)(H,18,19)(H,21,22). The summed E-state index contributed by atoms with van der Waals surface area (Å²) in [6.07, 6.45) is 0. The number of nitrogens with one attached hydrogen (secondary N) is 3. The summed E-state index contributed by atoms with van der Waals surface area (Å²) in [5, 5.41) is 18.1. The third kappa shape index (κ3) is 3.89.